The zero-order valence-electron chi connectivity index (χ0n) is 8.59. The van der Waals surface area contributed by atoms with Crippen LogP contribution in [0.5, 0.6) is 0 Å². The second-order valence-corrected chi connectivity index (χ2v) is 3.60. The normalized spacial score (nSPS) is 12.4. The molecule has 2 heteroatoms. The Bertz CT molecular complexity index is 439. The summed E-state index contributed by atoms with van der Waals surface area (Å²) in [6.07, 6.45) is 2.80. The molecule has 2 rings (SSSR count). The minimum absolute atomic E-state index is 0.585. The first-order valence-corrected chi connectivity index (χ1v) is 4.92. The highest BCUT2D eigenvalue weighted by molar-refractivity contribution is 5.30. The van der Waals surface area contributed by atoms with Crippen molar-refractivity contribution in [1.82, 2.24) is 4.98 Å². The van der Waals surface area contributed by atoms with Crippen molar-refractivity contribution in [3.8, 4) is 0 Å². The molecule has 0 spiro atoms. The fourth-order valence-corrected chi connectivity index (χ4v) is 1.57. The van der Waals surface area contributed by atoms with E-state index in [0.717, 1.165) is 16.7 Å². The van der Waals surface area contributed by atoms with Crippen LogP contribution < -0.4 is 0 Å². The largest absolute Gasteiger partial charge is 0.384 e. The molecule has 0 aliphatic carbocycles. The van der Waals surface area contributed by atoms with Crippen LogP contribution in [0.15, 0.2) is 48.8 Å². The Kier molecular flexibility index (Phi) is 2.79. The first kappa shape index (κ1) is 9.87. The van der Waals surface area contributed by atoms with Crippen molar-refractivity contribution in [3.63, 3.8) is 0 Å². The quantitative estimate of drug-likeness (QED) is 0.806. The van der Waals surface area contributed by atoms with E-state index in [9.17, 15) is 5.11 Å². The average Bonchev–Trinajstić information content (AvgIpc) is 2.29. The summed E-state index contributed by atoms with van der Waals surface area (Å²) >= 11 is 0. The fraction of sp³-hybridized carbons (Fsp3) is 0.154. The lowest BCUT2D eigenvalue weighted by Crippen LogP contribution is -1.99. The summed E-state index contributed by atoms with van der Waals surface area (Å²) in [6, 6.07) is 11.6. The van der Waals surface area contributed by atoms with Gasteiger partial charge in [-0.3, -0.25) is 4.98 Å². The van der Waals surface area contributed by atoms with Gasteiger partial charge in [0.05, 0.1) is 0 Å². The summed E-state index contributed by atoms with van der Waals surface area (Å²) < 4.78 is 0. The molecule has 0 aliphatic heterocycles. The zero-order chi connectivity index (χ0) is 10.7. The molecule has 0 radical (unpaired) electrons. The van der Waals surface area contributed by atoms with E-state index < -0.39 is 6.10 Å². The van der Waals surface area contributed by atoms with Gasteiger partial charge in [-0.25, -0.2) is 0 Å². The fourth-order valence-electron chi connectivity index (χ4n) is 1.57. The van der Waals surface area contributed by atoms with Crippen LogP contribution in [0.4, 0.5) is 0 Å². The van der Waals surface area contributed by atoms with Crippen LogP contribution in [0.3, 0.4) is 0 Å². The average molecular weight is 199 g/mol. The lowest BCUT2D eigenvalue weighted by Gasteiger charge is -2.11. The first-order valence-electron chi connectivity index (χ1n) is 4.92. The number of rotatable bonds is 2. The van der Waals surface area contributed by atoms with E-state index in [1.807, 2.05) is 43.3 Å². The van der Waals surface area contributed by atoms with Crippen LogP contribution in [0.1, 0.15) is 22.8 Å². The Morgan fingerprint density at radius 1 is 1.13 bits per heavy atom. The molecule has 1 aromatic heterocycles. The van der Waals surface area contributed by atoms with Crippen LogP contribution in [0, 0.1) is 6.92 Å². The second-order valence-electron chi connectivity index (χ2n) is 3.60. The van der Waals surface area contributed by atoms with Crippen LogP contribution in [0.2, 0.25) is 0 Å². The number of nitrogens with zero attached hydrogens (tertiary/aromatic N) is 1. The van der Waals surface area contributed by atoms with Crippen LogP contribution in [-0.4, -0.2) is 10.1 Å². The van der Waals surface area contributed by atoms with Gasteiger partial charge in [-0.15, -0.1) is 0 Å². The molecule has 2 aromatic rings. The van der Waals surface area contributed by atoms with Gasteiger partial charge in [-0.05, 0) is 18.6 Å². The number of aliphatic hydroxyl groups excluding tert-OH is 1. The van der Waals surface area contributed by atoms with E-state index in [1.54, 1.807) is 12.4 Å². The molecule has 0 fully saturated rings. The number of aromatic nitrogens is 1. The van der Waals surface area contributed by atoms with E-state index in [-0.39, 0.29) is 0 Å². The molecule has 0 aliphatic rings. The summed E-state index contributed by atoms with van der Waals surface area (Å²) in [7, 11) is 0. The number of hydrogen-bond acceptors (Lipinski definition) is 2. The molecule has 15 heavy (non-hydrogen) atoms. The van der Waals surface area contributed by atoms with Gasteiger partial charge in [0.15, 0.2) is 0 Å². The second kappa shape index (κ2) is 4.24. The van der Waals surface area contributed by atoms with Crippen LogP contribution in [-0.2, 0) is 0 Å². The SMILES string of the molecule is Cc1cccc([C@@H](O)c2cccnc2)c1. The van der Waals surface area contributed by atoms with Crippen molar-refractivity contribution < 1.29 is 5.11 Å². The number of aryl methyl sites for hydroxylation is 1. The van der Waals surface area contributed by atoms with Gasteiger partial charge < -0.3 is 5.11 Å². The van der Waals surface area contributed by atoms with Crippen molar-refractivity contribution in [2.75, 3.05) is 0 Å². The van der Waals surface area contributed by atoms with E-state index in [0.29, 0.717) is 0 Å². The predicted octanol–water partition coefficient (Wildman–Crippen LogP) is 2.47. The highest BCUT2D eigenvalue weighted by Gasteiger charge is 2.09. The summed E-state index contributed by atoms with van der Waals surface area (Å²) in [5.74, 6) is 0. The molecule has 0 unspecified atom stereocenters. The molecule has 0 bridgehead atoms. The third-order valence-corrected chi connectivity index (χ3v) is 2.36. The first-order chi connectivity index (χ1) is 7.27. The van der Waals surface area contributed by atoms with Gasteiger partial charge in [-0.2, -0.15) is 0 Å². The van der Waals surface area contributed by atoms with E-state index in [1.165, 1.54) is 0 Å². The zero-order valence-corrected chi connectivity index (χ0v) is 8.59. The lowest BCUT2D eigenvalue weighted by molar-refractivity contribution is 0.220. The maximum Gasteiger partial charge on any atom is 0.106 e. The van der Waals surface area contributed by atoms with Gasteiger partial charge in [0.25, 0.3) is 0 Å². The third-order valence-electron chi connectivity index (χ3n) is 2.36. The minimum atomic E-state index is -0.585. The molecule has 1 heterocycles. The standard InChI is InChI=1S/C13H13NO/c1-10-4-2-5-11(8-10)13(15)12-6-3-7-14-9-12/h2-9,13,15H,1H3/t13-/m1/s1. The Morgan fingerprint density at radius 3 is 2.60 bits per heavy atom. The molecule has 0 amide bonds. The van der Waals surface area contributed by atoms with Crippen molar-refractivity contribution in [2.24, 2.45) is 0 Å². The molecule has 1 atom stereocenters. The molecular formula is C13H13NO. The maximum absolute atomic E-state index is 10.1. The van der Waals surface area contributed by atoms with E-state index >= 15 is 0 Å². The summed E-state index contributed by atoms with van der Waals surface area (Å²) in [4.78, 5) is 3.99. The predicted molar refractivity (Wildman–Crippen MR) is 59.5 cm³/mol. The van der Waals surface area contributed by atoms with Crippen LogP contribution >= 0.6 is 0 Å². The van der Waals surface area contributed by atoms with Gasteiger partial charge in [0.2, 0.25) is 0 Å². The smallest absolute Gasteiger partial charge is 0.106 e. The molecule has 76 valence electrons. The highest BCUT2D eigenvalue weighted by atomic mass is 16.3. The Labute approximate surface area is 89.2 Å². The monoisotopic (exact) mass is 199 g/mol. The molecular weight excluding hydrogens is 186 g/mol. The summed E-state index contributed by atoms with van der Waals surface area (Å²) in [5, 5.41) is 10.1. The lowest BCUT2D eigenvalue weighted by atomic mass is 10.0. The maximum atomic E-state index is 10.1. The molecule has 1 aromatic carbocycles. The van der Waals surface area contributed by atoms with E-state index in [2.05, 4.69) is 4.98 Å². The highest BCUT2D eigenvalue weighted by Crippen LogP contribution is 2.21. The van der Waals surface area contributed by atoms with Crippen molar-refractivity contribution in [2.45, 2.75) is 13.0 Å². The van der Waals surface area contributed by atoms with Crippen molar-refractivity contribution in [1.29, 1.82) is 0 Å². The minimum Gasteiger partial charge on any atom is -0.384 e. The molecule has 0 saturated carbocycles. The third kappa shape index (κ3) is 2.22. The van der Waals surface area contributed by atoms with Crippen LogP contribution in [0.25, 0.3) is 0 Å². The Morgan fingerprint density at radius 2 is 1.93 bits per heavy atom. The number of hydrogen-bond donors (Lipinski definition) is 1. The Balaban J connectivity index is 2.32. The van der Waals surface area contributed by atoms with Gasteiger partial charge >= 0.3 is 0 Å². The Hall–Kier alpha value is -1.67. The number of aliphatic hydroxyl groups is 1. The topological polar surface area (TPSA) is 33.1 Å². The van der Waals surface area contributed by atoms with Crippen molar-refractivity contribution in [3.05, 3.63) is 65.5 Å². The molecule has 2 nitrogen and oxygen atoms in total. The summed E-state index contributed by atoms with van der Waals surface area (Å²) in [6.45, 7) is 2.01. The molecule has 0 saturated heterocycles. The summed E-state index contributed by atoms with van der Waals surface area (Å²) in [5.41, 5.74) is 2.88. The molecule has 1 N–H and O–H groups in total. The van der Waals surface area contributed by atoms with Gasteiger partial charge in [0, 0.05) is 18.0 Å². The van der Waals surface area contributed by atoms with Crippen molar-refractivity contribution >= 4 is 0 Å². The van der Waals surface area contributed by atoms with Gasteiger partial charge in [-0.1, -0.05) is 35.9 Å². The van der Waals surface area contributed by atoms with E-state index in [4.69, 9.17) is 0 Å². The number of pyridine rings is 1. The van der Waals surface area contributed by atoms with Gasteiger partial charge in [0.1, 0.15) is 6.10 Å². The number of benzene rings is 1.